The average molecular weight is 245 g/mol. The molecular weight excluding hydrogens is 230 g/mol. The fourth-order valence-corrected chi connectivity index (χ4v) is 1.53. The highest BCUT2D eigenvalue weighted by Gasteiger charge is 2.33. The van der Waals surface area contributed by atoms with E-state index in [0.29, 0.717) is 11.3 Å². The molecule has 0 fully saturated rings. The second kappa shape index (κ2) is 4.29. The summed E-state index contributed by atoms with van der Waals surface area (Å²) in [5, 5.41) is 3.65. The Hall–Kier alpha value is -2.10. The van der Waals surface area contributed by atoms with Gasteiger partial charge in [-0.15, -0.1) is 0 Å². The van der Waals surface area contributed by atoms with Gasteiger partial charge >= 0.3 is 0 Å². The molecule has 94 valence electrons. The van der Waals surface area contributed by atoms with Gasteiger partial charge in [0.05, 0.1) is 12.0 Å². The minimum Gasteiger partial charge on any atom is -0.462 e. The summed E-state index contributed by atoms with van der Waals surface area (Å²) in [6, 6.07) is 7.29. The summed E-state index contributed by atoms with van der Waals surface area (Å²) in [4.78, 5) is 23.5. The third kappa shape index (κ3) is 2.01. The molecule has 0 radical (unpaired) electrons. The summed E-state index contributed by atoms with van der Waals surface area (Å²) in [6.45, 7) is 4.62. The predicted molar refractivity (Wildman–Crippen MR) is 69.3 cm³/mol. The second-order valence-electron chi connectivity index (χ2n) is 4.78. The molecule has 1 N–H and O–H groups in total. The molecule has 4 nitrogen and oxygen atoms in total. The van der Waals surface area contributed by atoms with Gasteiger partial charge in [0.25, 0.3) is 0 Å². The minimum atomic E-state index is -1.05. The van der Waals surface area contributed by atoms with Crippen LogP contribution in [0, 0.1) is 5.41 Å². The van der Waals surface area contributed by atoms with E-state index >= 15 is 0 Å². The third-order valence-corrected chi connectivity index (χ3v) is 3.17. The topological polar surface area (TPSA) is 59.3 Å². The van der Waals surface area contributed by atoms with Crippen LogP contribution in [-0.4, -0.2) is 11.7 Å². The van der Waals surface area contributed by atoms with Crippen molar-refractivity contribution in [3.8, 4) is 0 Å². The van der Waals surface area contributed by atoms with Crippen molar-refractivity contribution in [1.29, 1.82) is 0 Å². The highest BCUT2D eigenvalue weighted by molar-refractivity contribution is 6.11. The molecule has 1 amide bonds. The Balaban J connectivity index is 2.32. The number of anilines is 1. The van der Waals surface area contributed by atoms with E-state index in [1.54, 1.807) is 26.2 Å². The van der Waals surface area contributed by atoms with Gasteiger partial charge in [0.1, 0.15) is 11.2 Å². The van der Waals surface area contributed by atoms with Crippen LogP contribution in [0.4, 0.5) is 5.69 Å². The molecule has 18 heavy (non-hydrogen) atoms. The summed E-state index contributed by atoms with van der Waals surface area (Å²) in [7, 11) is 0. The van der Waals surface area contributed by atoms with Crippen molar-refractivity contribution in [3.05, 3.63) is 30.5 Å². The average Bonchev–Trinajstić information content (AvgIpc) is 2.77. The summed E-state index contributed by atoms with van der Waals surface area (Å²) >= 11 is 0. The van der Waals surface area contributed by atoms with E-state index in [9.17, 15) is 9.59 Å². The Morgan fingerprint density at radius 3 is 2.61 bits per heavy atom. The summed E-state index contributed by atoms with van der Waals surface area (Å²) in [5.41, 5.74) is 0.149. The van der Waals surface area contributed by atoms with E-state index in [4.69, 9.17) is 4.42 Å². The lowest BCUT2D eigenvalue weighted by Crippen LogP contribution is -2.36. The first kappa shape index (κ1) is 12.4. The molecule has 1 heterocycles. The standard InChI is InChI=1S/C14H15NO3/c1-9(16)14(2,3)13(17)15-11-6-4-5-10-7-8-18-12(10)11/h4-8H,1-3H3,(H,15,17). The van der Waals surface area contributed by atoms with Crippen molar-refractivity contribution in [2.45, 2.75) is 20.8 Å². The third-order valence-electron chi connectivity index (χ3n) is 3.17. The normalized spacial score (nSPS) is 11.5. The molecule has 0 aliphatic rings. The molecular formula is C14H15NO3. The Bertz CT molecular complexity index is 610. The number of rotatable bonds is 3. The number of Topliss-reactive ketones (excluding diaryl/α,β-unsaturated/α-hetero) is 1. The number of amides is 1. The zero-order valence-corrected chi connectivity index (χ0v) is 10.6. The fourth-order valence-electron chi connectivity index (χ4n) is 1.53. The van der Waals surface area contributed by atoms with Crippen LogP contribution < -0.4 is 5.32 Å². The molecule has 0 aliphatic heterocycles. The monoisotopic (exact) mass is 245 g/mol. The Morgan fingerprint density at radius 1 is 1.22 bits per heavy atom. The van der Waals surface area contributed by atoms with Crippen molar-refractivity contribution in [1.82, 2.24) is 0 Å². The van der Waals surface area contributed by atoms with Crippen LogP contribution in [0.3, 0.4) is 0 Å². The van der Waals surface area contributed by atoms with Crippen LogP contribution in [0.15, 0.2) is 34.9 Å². The molecule has 1 aromatic carbocycles. The lowest BCUT2D eigenvalue weighted by Gasteiger charge is -2.20. The van der Waals surface area contributed by atoms with Gasteiger partial charge in [-0.3, -0.25) is 9.59 Å². The van der Waals surface area contributed by atoms with Crippen LogP contribution in [-0.2, 0) is 9.59 Å². The predicted octanol–water partition coefficient (Wildman–Crippen LogP) is 2.99. The Labute approximate surface area is 105 Å². The first-order valence-corrected chi connectivity index (χ1v) is 5.71. The molecule has 1 aromatic heterocycles. The molecule has 0 aliphatic carbocycles. The molecule has 2 aromatic rings. The Morgan fingerprint density at radius 2 is 1.94 bits per heavy atom. The molecule has 0 bridgehead atoms. The second-order valence-corrected chi connectivity index (χ2v) is 4.78. The first-order chi connectivity index (χ1) is 8.43. The van der Waals surface area contributed by atoms with Crippen LogP contribution in [0.2, 0.25) is 0 Å². The summed E-state index contributed by atoms with van der Waals surface area (Å²) in [5.74, 6) is -0.509. The molecule has 0 spiro atoms. The van der Waals surface area contributed by atoms with Crippen LogP contribution >= 0.6 is 0 Å². The number of ketones is 1. The number of carbonyl (C=O) groups excluding carboxylic acids is 2. The van der Waals surface area contributed by atoms with E-state index < -0.39 is 5.41 Å². The Kier molecular flexibility index (Phi) is 2.95. The van der Waals surface area contributed by atoms with Gasteiger partial charge in [-0.2, -0.15) is 0 Å². The van der Waals surface area contributed by atoms with Crippen LogP contribution in [0.5, 0.6) is 0 Å². The van der Waals surface area contributed by atoms with Crippen molar-refractivity contribution in [2.75, 3.05) is 5.32 Å². The summed E-state index contributed by atoms with van der Waals surface area (Å²) < 4.78 is 5.32. The maximum Gasteiger partial charge on any atom is 0.237 e. The number of carbonyl (C=O) groups is 2. The number of nitrogens with one attached hydrogen (secondary N) is 1. The van der Waals surface area contributed by atoms with Gasteiger partial charge in [-0.1, -0.05) is 12.1 Å². The minimum absolute atomic E-state index is 0.174. The first-order valence-electron chi connectivity index (χ1n) is 5.71. The lowest BCUT2D eigenvalue weighted by molar-refractivity contribution is -0.135. The molecule has 0 saturated carbocycles. The SMILES string of the molecule is CC(=O)C(C)(C)C(=O)Nc1cccc2ccoc12. The highest BCUT2D eigenvalue weighted by atomic mass is 16.3. The molecule has 4 heteroatoms. The maximum atomic E-state index is 12.1. The van der Waals surface area contributed by atoms with E-state index in [1.165, 1.54) is 6.92 Å². The van der Waals surface area contributed by atoms with Gasteiger partial charge < -0.3 is 9.73 Å². The fraction of sp³-hybridized carbons (Fsp3) is 0.286. The number of para-hydroxylation sites is 1. The van der Waals surface area contributed by atoms with Gasteiger partial charge in [0.15, 0.2) is 5.58 Å². The number of hydrogen-bond donors (Lipinski definition) is 1. The molecule has 2 rings (SSSR count). The summed E-state index contributed by atoms with van der Waals surface area (Å²) in [6.07, 6.45) is 1.57. The largest absolute Gasteiger partial charge is 0.462 e. The number of hydrogen-bond acceptors (Lipinski definition) is 3. The lowest BCUT2D eigenvalue weighted by atomic mass is 9.88. The van der Waals surface area contributed by atoms with E-state index in [1.807, 2.05) is 18.2 Å². The smallest absolute Gasteiger partial charge is 0.237 e. The van der Waals surface area contributed by atoms with Gasteiger partial charge in [0.2, 0.25) is 5.91 Å². The molecule has 0 unspecified atom stereocenters. The van der Waals surface area contributed by atoms with Gasteiger partial charge in [-0.05, 0) is 32.9 Å². The molecule has 0 atom stereocenters. The quantitative estimate of drug-likeness (QED) is 0.845. The van der Waals surface area contributed by atoms with Crippen molar-refractivity contribution in [2.24, 2.45) is 5.41 Å². The van der Waals surface area contributed by atoms with E-state index in [0.717, 1.165) is 5.39 Å². The highest BCUT2D eigenvalue weighted by Crippen LogP contribution is 2.26. The van der Waals surface area contributed by atoms with E-state index in [2.05, 4.69) is 5.32 Å². The van der Waals surface area contributed by atoms with Crippen molar-refractivity contribution < 1.29 is 14.0 Å². The number of benzene rings is 1. The van der Waals surface area contributed by atoms with Gasteiger partial charge in [-0.25, -0.2) is 0 Å². The maximum absolute atomic E-state index is 12.1. The van der Waals surface area contributed by atoms with E-state index in [-0.39, 0.29) is 11.7 Å². The zero-order chi connectivity index (χ0) is 13.3. The van der Waals surface area contributed by atoms with Crippen LogP contribution in [0.1, 0.15) is 20.8 Å². The van der Waals surface area contributed by atoms with Crippen molar-refractivity contribution >= 4 is 28.3 Å². The van der Waals surface area contributed by atoms with Crippen molar-refractivity contribution in [3.63, 3.8) is 0 Å². The van der Waals surface area contributed by atoms with Crippen LogP contribution in [0.25, 0.3) is 11.0 Å². The zero-order valence-electron chi connectivity index (χ0n) is 10.6. The number of fused-ring (bicyclic) bond motifs is 1. The number of furan rings is 1. The molecule has 0 saturated heterocycles. The van der Waals surface area contributed by atoms with Gasteiger partial charge in [0, 0.05) is 5.39 Å².